The van der Waals surface area contributed by atoms with Gasteiger partial charge >= 0.3 is 0 Å². The van der Waals surface area contributed by atoms with Gasteiger partial charge in [0, 0.05) is 24.8 Å². The molecule has 0 aromatic heterocycles. The molecule has 2 aromatic carbocycles. The lowest BCUT2D eigenvalue weighted by molar-refractivity contribution is -0.385. The van der Waals surface area contributed by atoms with Crippen LogP contribution in [-0.2, 0) is 14.8 Å². The number of nitrogens with zero attached hydrogens (tertiary/aromatic N) is 3. The van der Waals surface area contributed by atoms with Gasteiger partial charge in [0.25, 0.3) is 17.5 Å². The second-order valence-electron chi connectivity index (χ2n) is 6.82. The number of imide groups is 1. The van der Waals surface area contributed by atoms with Crippen molar-refractivity contribution in [2.75, 3.05) is 25.0 Å². The summed E-state index contributed by atoms with van der Waals surface area (Å²) in [5.41, 5.74) is -0.728. The molecule has 3 rings (SSSR count). The summed E-state index contributed by atoms with van der Waals surface area (Å²) >= 11 is 0. The van der Waals surface area contributed by atoms with Crippen LogP contribution in [0.2, 0.25) is 0 Å². The van der Waals surface area contributed by atoms with Crippen LogP contribution in [0.25, 0.3) is 0 Å². The van der Waals surface area contributed by atoms with Gasteiger partial charge in [-0.25, -0.2) is 8.42 Å². The number of fused-ring (bicyclic) bond motifs is 1. The van der Waals surface area contributed by atoms with Gasteiger partial charge in [-0.1, -0.05) is 19.9 Å². The zero-order chi connectivity index (χ0) is 23.6. The zero-order valence-corrected chi connectivity index (χ0v) is 18.1. The number of carbonyl (C=O) groups is 3. The number of carbonyl (C=O) groups excluding carboxylic acids is 3. The van der Waals surface area contributed by atoms with E-state index in [2.05, 4.69) is 5.32 Å². The Morgan fingerprint density at radius 2 is 1.69 bits per heavy atom. The number of nitro groups is 1. The Kier molecular flexibility index (Phi) is 6.37. The molecule has 0 fully saturated rings. The second kappa shape index (κ2) is 8.85. The summed E-state index contributed by atoms with van der Waals surface area (Å²) in [5, 5.41) is 13.6. The third-order valence-corrected chi connectivity index (χ3v) is 7.02. The molecule has 11 nitrogen and oxygen atoms in total. The van der Waals surface area contributed by atoms with Crippen LogP contribution in [0.5, 0.6) is 0 Å². The van der Waals surface area contributed by atoms with Crippen molar-refractivity contribution in [2.45, 2.75) is 18.7 Å². The summed E-state index contributed by atoms with van der Waals surface area (Å²) in [4.78, 5) is 48.5. The molecule has 0 unspecified atom stereocenters. The average molecular weight is 460 g/mol. The van der Waals surface area contributed by atoms with Crippen molar-refractivity contribution < 1.29 is 27.7 Å². The van der Waals surface area contributed by atoms with E-state index in [1.165, 1.54) is 40.7 Å². The van der Waals surface area contributed by atoms with Crippen LogP contribution in [0.4, 0.5) is 11.4 Å². The minimum Gasteiger partial charge on any atom is -0.325 e. The predicted octanol–water partition coefficient (Wildman–Crippen LogP) is 1.86. The number of sulfonamides is 1. The summed E-state index contributed by atoms with van der Waals surface area (Å²) in [6.45, 7) is 3.43. The van der Waals surface area contributed by atoms with Crippen molar-refractivity contribution in [3.05, 3.63) is 63.7 Å². The largest absolute Gasteiger partial charge is 0.325 e. The summed E-state index contributed by atoms with van der Waals surface area (Å²) in [6, 6.07) is 9.16. The Balaban J connectivity index is 1.73. The number of nitrogens with one attached hydrogen (secondary N) is 1. The van der Waals surface area contributed by atoms with E-state index >= 15 is 0 Å². The molecular formula is C20H20N4O7S. The number of hydrogen-bond donors (Lipinski definition) is 1. The van der Waals surface area contributed by atoms with Gasteiger partial charge in [0.05, 0.1) is 15.4 Å². The van der Waals surface area contributed by atoms with E-state index < -0.39 is 44.9 Å². The highest BCUT2D eigenvalue weighted by Gasteiger charge is 2.41. The zero-order valence-electron chi connectivity index (χ0n) is 17.3. The molecule has 1 aliphatic rings. The van der Waals surface area contributed by atoms with Crippen LogP contribution in [0.1, 0.15) is 34.6 Å². The van der Waals surface area contributed by atoms with Crippen LogP contribution in [-0.4, -0.2) is 59.9 Å². The van der Waals surface area contributed by atoms with E-state index in [0.717, 1.165) is 6.07 Å². The van der Waals surface area contributed by atoms with Crippen LogP contribution >= 0.6 is 0 Å². The number of amides is 3. The summed E-state index contributed by atoms with van der Waals surface area (Å²) in [6.07, 6.45) is 0. The molecule has 0 saturated carbocycles. The lowest BCUT2D eigenvalue weighted by Crippen LogP contribution is -2.37. The van der Waals surface area contributed by atoms with Crippen molar-refractivity contribution >= 4 is 39.1 Å². The Morgan fingerprint density at radius 3 is 2.25 bits per heavy atom. The van der Waals surface area contributed by atoms with Gasteiger partial charge in [0.2, 0.25) is 15.9 Å². The third-order valence-electron chi connectivity index (χ3n) is 4.96. The molecule has 0 bridgehead atoms. The first-order chi connectivity index (χ1) is 15.1. The first-order valence-corrected chi connectivity index (χ1v) is 11.1. The lowest BCUT2D eigenvalue weighted by Gasteiger charge is -2.18. The molecule has 0 saturated heterocycles. The first kappa shape index (κ1) is 23.0. The maximum absolute atomic E-state index is 12.5. The Morgan fingerprint density at radius 1 is 1.06 bits per heavy atom. The number of anilines is 1. The quantitative estimate of drug-likeness (QED) is 0.359. The molecule has 0 atom stereocenters. The summed E-state index contributed by atoms with van der Waals surface area (Å²) in [7, 11) is -3.65. The van der Waals surface area contributed by atoms with Crippen LogP contribution in [0.3, 0.4) is 0 Å². The highest BCUT2D eigenvalue weighted by atomic mass is 32.2. The van der Waals surface area contributed by atoms with Crippen LogP contribution in [0.15, 0.2) is 47.4 Å². The molecule has 32 heavy (non-hydrogen) atoms. The average Bonchev–Trinajstić information content (AvgIpc) is 2.99. The summed E-state index contributed by atoms with van der Waals surface area (Å²) < 4.78 is 26.3. The Labute approximate surface area is 183 Å². The predicted molar refractivity (Wildman–Crippen MR) is 114 cm³/mol. The lowest BCUT2D eigenvalue weighted by atomic mass is 10.1. The van der Waals surface area contributed by atoms with Crippen molar-refractivity contribution in [1.29, 1.82) is 0 Å². The molecular weight excluding hydrogens is 440 g/mol. The van der Waals surface area contributed by atoms with E-state index in [9.17, 15) is 32.9 Å². The van der Waals surface area contributed by atoms with Crippen molar-refractivity contribution in [1.82, 2.24) is 9.21 Å². The fourth-order valence-corrected chi connectivity index (χ4v) is 4.84. The molecule has 12 heteroatoms. The van der Waals surface area contributed by atoms with E-state index in [4.69, 9.17) is 0 Å². The van der Waals surface area contributed by atoms with Gasteiger partial charge in [0.15, 0.2) is 0 Å². The molecule has 3 amide bonds. The molecule has 1 heterocycles. The number of rotatable bonds is 8. The molecule has 1 N–H and O–H groups in total. The maximum atomic E-state index is 12.5. The fraction of sp³-hybridized carbons (Fsp3) is 0.250. The van der Waals surface area contributed by atoms with Gasteiger partial charge < -0.3 is 5.32 Å². The van der Waals surface area contributed by atoms with Gasteiger partial charge in [-0.2, -0.15) is 4.31 Å². The van der Waals surface area contributed by atoms with Gasteiger partial charge in [-0.3, -0.25) is 29.4 Å². The van der Waals surface area contributed by atoms with Crippen molar-refractivity contribution in [3.63, 3.8) is 0 Å². The fourth-order valence-electron chi connectivity index (χ4n) is 3.38. The van der Waals surface area contributed by atoms with E-state index in [-0.39, 0.29) is 21.7 Å². The SMILES string of the molecule is CCN(CC)S(=O)(=O)c1ccc(NC(=O)CN2C(=O)c3cccc([N+](=O)[O-])c3C2=O)cc1. The number of benzene rings is 2. The molecule has 0 spiro atoms. The minimum absolute atomic E-state index is 0.0619. The number of nitro benzene ring substituents is 1. The Bertz CT molecular complexity index is 1200. The highest BCUT2D eigenvalue weighted by molar-refractivity contribution is 7.89. The molecule has 168 valence electrons. The molecule has 2 aromatic rings. The van der Waals surface area contributed by atoms with Crippen LogP contribution < -0.4 is 5.32 Å². The highest BCUT2D eigenvalue weighted by Crippen LogP contribution is 2.30. The third kappa shape index (κ3) is 4.09. The monoisotopic (exact) mass is 460 g/mol. The summed E-state index contributed by atoms with van der Waals surface area (Å²) in [5.74, 6) is -2.45. The van der Waals surface area contributed by atoms with Crippen molar-refractivity contribution in [2.24, 2.45) is 0 Å². The molecule has 0 aliphatic carbocycles. The van der Waals surface area contributed by atoms with Crippen molar-refractivity contribution in [3.8, 4) is 0 Å². The minimum atomic E-state index is -3.65. The van der Waals surface area contributed by atoms with E-state index in [1.54, 1.807) is 13.8 Å². The van der Waals surface area contributed by atoms with E-state index in [1.807, 2.05) is 0 Å². The topological polar surface area (TPSA) is 147 Å². The standard InChI is InChI=1S/C20H20N4O7S/c1-3-22(4-2)32(30,31)14-10-8-13(9-11-14)21-17(25)12-23-19(26)15-6-5-7-16(24(28)29)18(15)20(23)27/h5-11H,3-4,12H2,1-2H3,(H,21,25). The second-order valence-corrected chi connectivity index (χ2v) is 8.75. The van der Waals surface area contributed by atoms with Gasteiger partial charge in [0.1, 0.15) is 12.1 Å². The maximum Gasteiger partial charge on any atom is 0.282 e. The van der Waals surface area contributed by atoms with E-state index in [0.29, 0.717) is 18.0 Å². The molecule has 0 radical (unpaired) electrons. The smallest absolute Gasteiger partial charge is 0.282 e. The number of hydrogen-bond acceptors (Lipinski definition) is 7. The Hall–Kier alpha value is -3.64. The molecule has 1 aliphatic heterocycles. The van der Waals surface area contributed by atoms with Crippen LogP contribution in [0, 0.1) is 10.1 Å². The first-order valence-electron chi connectivity index (χ1n) is 9.65. The van der Waals surface area contributed by atoms with Gasteiger partial charge in [-0.05, 0) is 30.3 Å². The normalized spacial score (nSPS) is 13.4. The van der Waals surface area contributed by atoms with Gasteiger partial charge in [-0.15, -0.1) is 0 Å².